The second kappa shape index (κ2) is 15.1. The predicted molar refractivity (Wildman–Crippen MR) is 144 cm³/mol. The summed E-state index contributed by atoms with van der Waals surface area (Å²) in [6, 6.07) is 13.5. The SMILES string of the molecule is CCCCCCCCCCCC(=O)N(Cc1cccn1Cc1cccc(C)c1)C1CCCCC1. The van der Waals surface area contributed by atoms with E-state index in [1.807, 2.05) is 0 Å². The molecule has 3 heteroatoms. The minimum atomic E-state index is 0.373. The highest BCUT2D eigenvalue weighted by Gasteiger charge is 2.26. The summed E-state index contributed by atoms with van der Waals surface area (Å²) >= 11 is 0. The number of nitrogens with zero attached hydrogens (tertiary/aromatic N) is 2. The van der Waals surface area contributed by atoms with Gasteiger partial charge in [-0.25, -0.2) is 0 Å². The van der Waals surface area contributed by atoms with Crippen LogP contribution in [0.5, 0.6) is 0 Å². The third-order valence-electron chi connectivity index (χ3n) is 7.52. The normalized spacial score (nSPS) is 14.4. The van der Waals surface area contributed by atoms with Gasteiger partial charge in [-0.1, -0.05) is 107 Å². The molecule has 1 aromatic carbocycles. The molecular weight excluding hydrogens is 416 g/mol. The Morgan fingerprint density at radius 3 is 2.32 bits per heavy atom. The zero-order valence-corrected chi connectivity index (χ0v) is 21.9. The van der Waals surface area contributed by atoms with Crippen molar-refractivity contribution in [2.24, 2.45) is 0 Å². The molecule has 1 saturated carbocycles. The zero-order chi connectivity index (χ0) is 24.0. The molecule has 0 N–H and O–H groups in total. The van der Waals surface area contributed by atoms with E-state index in [2.05, 4.69) is 65.9 Å². The van der Waals surface area contributed by atoms with Gasteiger partial charge in [-0.2, -0.15) is 0 Å². The Morgan fingerprint density at radius 2 is 1.62 bits per heavy atom. The first kappa shape index (κ1) is 26.6. The first-order valence-corrected chi connectivity index (χ1v) is 14.2. The van der Waals surface area contributed by atoms with Crippen molar-refractivity contribution in [2.45, 2.75) is 129 Å². The molecule has 1 aromatic heterocycles. The van der Waals surface area contributed by atoms with E-state index < -0.39 is 0 Å². The fourth-order valence-electron chi connectivity index (χ4n) is 5.47. The summed E-state index contributed by atoms with van der Waals surface area (Å²) in [6.07, 6.45) is 20.7. The van der Waals surface area contributed by atoms with E-state index in [1.54, 1.807) is 0 Å². The van der Waals surface area contributed by atoms with Gasteiger partial charge >= 0.3 is 0 Å². The molecule has 0 spiro atoms. The molecule has 0 saturated heterocycles. The van der Waals surface area contributed by atoms with E-state index >= 15 is 0 Å². The Balaban J connectivity index is 1.53. The van der Waals surface area contributed by atoms with Gasteiger partial charge in [-0.05, 0) is 43.9 Å². The molecule has 1 aliphatic rings. The Labute approximate surface area is 208 Å². The van der Waals surface area contributed by atoms with Gasteiger partial charge in [0.25, 0.3) is 0 Å². The van der Waals surface area contributed by atoms with Crippen LogP contribution in [0.15, 0.2) is 42.6 Å². The van der Waals surface area contributed by atoms with Gasteiger partial charge in [0.05, 0.1) is 6.54 Å². The monoisotopic (exact) mass is 464 g/mol. The van der Waals surface area contributed by atoms with Crippen molar-refractivity contribution in [1.29, 1.82) is 0 Å². The third kappa shape index (κ3) is 8.96. The lowest BCUT2D eigenvalue weighted by Gasteiger charge is -2.35. The number of hydrogen-bond donors (Lipinski definition) is 0. The van der Waals surface area contributed by atoms with Crippen LogP contribution in [0.1, 0.15) is 120 Å². The van der Waals surface area contributed by atoms with Crippen molar-refractivity contribution in [3.63, 3.8) is 0 Å². The van der Waals surface area contributed by atoms with Crippen LogP contribution in [0.3, 0.4) is 0 Å². The minimum Gasteiger partial charge on any atom is -0.345 e. The molecule has 1 aliphatic carbocycles. The fourth-order valence-corrected chi connectivity index (χ4v) is 5.47. The summed E-state index contributed by atoms with van der Waals surface area (Å²) in [5, 5.41) is 0. The number of benzene rings is 1. The van der Waals surface area contributed by atoms with Crippen molar-refractivity contribution in [3.05, 3.63) is 59.4 Å². The quantitative estimate of drug-likeness (QED) is 0.243. The van der Waals surface area contributed by atoms with Gasteiger partial charge in [0.2, 0.25) is 5.91 Å². The van der Waals surface area contributed by atoms with Crippen LogP contribution in [-0.2, 0) is 17.9 Å². The Hall–Kier alpha value is -2.03. The maximum Gasteiger partial charge on any atom is 0.223 e. The molecule has 0 radical (unpaired) electrons. The van der Waals surface area contributed by atoms with Crippen molar-refractivity contribution in [2.75, 3.05) is 0 Å². The summed E-state index contributed by atoms with van der Waals surface area (Å²) in [5.41, 5.74) is 3.88. The second-order valence-corrected chi connectivity index (χ2v) is 10.5. The average Bonchev–Trinajstić information content (AvgIpc) is 3.28. The molecule has 3 nitrogen and oxygen atoms in total. The molecule has 3 rings (SSSR count). The van der Waals surface area contributed by atoms with E-state index in [9.17, 15) is 4.79 Å². The van der Waals surface area contributed by atoms with Crippen LogP contribution in [0.4, 0.5) is 0 Å². The standard InChI is InChI=1S/C31H48N2O/c1-3-4-5-6-7-8-9-10-14-22-31(34)33(29-19-12-11-13-20-29)26-30-21-16-23-32(30)25-28-18-15-17-27(2)24-28/h15-18,21,23-24,29H,3-14,19-20,22,25-26H2,1-2H3. The number of rotatable bonds is 15. The third-order valence-corrected chi connectivity index (χ3v) is 7.52. The van der Waals surface area contributed by atoms with Crippen molar-refractivity contribution in [3.8, 4) is 0 Å². The lowest BCUT2D eigenvalue weighted by Crippen LogP contribution is -2.41. The first-order chi connectivity index (χ1) is 16.7. The minimum absolute atomic E-state index is 0.373. The van der Waals surface area contributed by atoms with Gasteiger partial charge in [-0.15, -0.1) is 0 Å². The maximum absolute atomic E-state index is 13.4. The molecule has 0 aliphatic heterocycles. The summed E-state index contributed by atoms with van der Waals surface area (Å²) < 4.78 is 2.33. The second-order valence-electron chi connectivity index (χ2n) is 10.5. The molecule has 34 heavy (non-hydrogen) atoms. The average molecular weight is 465 g/mol. The summed E-state index contributed by atoms with van der Waals surface area (Å²) in [6.45, 7) is 6.04. The topological polar surface area (TPSA) is 25.2 Å². The van der Waals surface area contributed by atoms with E-state index in [0.29, 0.717) is 18.4 Å². The van der Waals surface area contributed by atoms with Crippen LogP contribution < -0.4 is 0 Å². The Morgan fingerprint density at radius 1 is 0.912 bits per heavy atom. The van der Waals surface area contributed by atoms with Gasteiger partial charge in [0, 0.05) is 30.9 Å². The number of unbranched alkanes of at least 4 members (excludes halogenated alkanes) is 8. The number of hydrogen-bond acceptors (Lipinski definition) is 1. The summed E-state index contributed by atoms with van der Waals surface area (Å²) in [4.78, 5) is 15.6. The van der Waals surface area contributed by atoms with E-state index in [1.165, 1.54) is 100 Å². The molecule has 1 amide bonds. The number of aromatic nitrogens is 1. The molecule has 0 bridgehead atoms. The first-order valence-electron chi connectivity index (χ1n) is 14.2. The summed E-state index contributed by atoms with van der Waals surface area (Å²) in [7, 11) is 0. The van der Waals surface area contributed by atoms with Crippen molar-refractivity contribution >= 4 is 5.91 Å². The molecule has 0 unspecified atom stereocenters. The van der Waals surface area contributed by atoms with Crippen LogP contribution in [0.25, 0.3) is 0 Å². The van der Waals surface area contributed by atoms with Crippen LogP contribution in [0, 0.1) is 6.92 Å². The van der Waals surface area contributed by atoms with Crippen molar-refractivity contribution in [1.82, 2.24) is 9.47 Å². The predicted octanol–water partition coefficient (Wildman–Crippen LogP) is 8.43. The maximum atomic E-state index is 13.4. The lowest BCUT2D eigenvalue weighted by atomic mass is 9.93. The Bertz CT molecular complexity index is 833. The van der Waals surface area contributed by atoms with Crippen LogP contribution in [0.2, 0.25) is 0 Å². The highest BCUT2D eigenvalue weighted by atomic mass is 16.2. The molecule has 2 aromatic rings. The smallest absolute Gasteiger partial charge is 0.223 e. The molecular formula is C31H48N2O. The molecule has 1 heterocycles. The number of carbonyl (C=O) groups is 1. The molecule has 188 valence electrons. The number of aryl methyl sites for hydroxylation is 1. The van der Waals surface area contributed by atoms with E-state index in [4.69, 9.17) is 0 Å². The molecule has 0 atom stereocenters. The number of amides is 1. The Kier molecular flexibility index (Phi) is 11.8. The molecule has 1 fully saturated rings. The van der Waals surface area contributed by atoms with E-state index in [-0.39, 0.29) is 0 Å². The lowest BCUT2D eigenvalue weighted by molar-refractivity contribution is -0.135. The van der Waals surface area contributed by atoms with Gasteiger partial charge in [0.15, 0.2) is 0 Å². The summed E-state index contributed by atoms with van der Waals surface area (Å²) in [5.74, 6) is 0.373. The van der Waals surface area contributed by atoms with Crippen LogP contribution >= 0.6 is 0 Å². The fraction of sp³-hybridized carbons (Fsp3) is 0.645. The highest BCUT2D eigenvalue weighted by Crippen LogP contribution is 2.26. The van der Waals surface area contributed by atoms with Gasteiger partial charge in [0.1, 0.15) is 0 Å². The van der Waals surface area contributed by atoms with Crippen LogP contribution in [-0.4, -0.2) is 21.4 Å². The van der Waals surface area contributed by atoms with Gasteiger partial charge < -0.3 is 9.47 Å². The van der Waals surface area contributed by atoms with Crippen molar-refractivity contribution < 1.29 is 4.79 Å². The van der Waals surface area contributed by atoms with E-state index in [0.717, 1.165) is 19.5 Å². The van der Waals surface area contributed by atoms with Gasteiger partial charge in [-0.3, -0.25) is 4.79 Å². The zero-order valence-electron chi connectivity index (χ0n) is 21.9. The highest BCUT2D eigenvalue weighted by molar-refractivity contribution is 5.76. The number of carbonyl (C=O) groups excluding carboxylic acids is 1. The largest absolute Gasteiger partial charge is 0.345 e.